The molecule has 8 nitrogen and oxygen atoms in total. The lowest BCUT2D eigenvalue weighted by molar-refractivity contribution is 0.0598. The van der Waals surface area contributed by atoms with E-state index in [1.54, 1.807) is 4.57 Å². The van der Waals surface area contributed by atoms with Crippen LogP contribution in [0.1, 0.15) is 33.2 Å². The van der Waals surface area contributed by atoms with Crippen LogP contribution < -0.4 is 21.3 Å². The molecule has 0 fully saturated rings. The molecule has 0 aliphatic carbocycles. The molecule has 4 aromatic carbocycles. The number of benzene rings is 4. The molecule has 0 aliphatic heterocycles. The number of aromatic carboxylic acids is 1. The van der Waals surface area contributed by atoms with Gasteiger partial charge in [0.2, 0.25) is 0 Å². The van der Waals surface area contributed by atoms with Crippen molar-refractivity contribution in [3.05, 3.63) is 136 Å². The Bertz CT molecular complexity index is 1870. The predicted molar refractivity (Wildman–Crippen MR) is 162 cm³/mol. The Hall–Kier alpha value is -5.63. The van der Waals surface area contributed by atoms with E-state index >= 15 is 0 Å². The maximum atomic E-state index is 12.1. The summed E-state index contributed by atoms with van der Waals surface area (Å²) in [6.45, 7) is 6.56. The number of nitrogens with zero attached hydrogens (tertiary/aromatic N) is 3. The largest absolute Gasteiger partial charge is 0.478 e. The molecule has 0 atom stereocenters. The fourth-order valence-corrected chi connectivity index (χ4v) is 4.61. The highest BCUT2D eigenvalue weighted by atomic mass is 16.5. The quantitative estimate of drug-likeness (QED) is 0.251. The van der Waals surface area contributed by atoms with Crippen LogP contribution in [0.2, 0.25) is 0 Å². The van der Waals surface area contributed by atoms with Gasteiger partial charge in [-0.15, -0.1) is 0 Å². The molecule has 0 spiro atoms. The summed E-state index contributed by atoms with van der Waals surface area (Å²) in [5.41, 5.74) is 4.77. The molecule has 0 unspecified atom stereocenters. The summed E-state index contributed by atoms with van der Waals surface area (Å²) in [7, 11) is 1.26. The number of aromatic nitrogens is 1. The molecule has 0 amide bonds. The lowest BCUT2D eigenvalue weighted by atomic mass is 10.1. The van der Waals surface area contributed by atoms with E-state index in [-0.39, 0.29) is 22.5 Å². The van der Waals surface area contributed by atoms with Crippen LogP contribution in [-0.4, -0.2) is 28.7 Å². The maximum absolute atomic E-state index is 12.1. The smallest absolute Gasteiger partial charge is 0.337 e. The molecular weight excluding hydrogens is 530 g/mol. The Morgan fingerprint density at radius 2 is 1.52 bits per heavy atom. The van der Waals surface area contributed by atoms with Crippen LogP contribution in [0.25, 0.3) is 12.7 Å². The first-order valence-corrected chi connectivity index (χ1v) is 13.3. The number of hydrogen-bond donors (Lipinski definition) is 1. The van der Waals surface area contributed by atoms with Crippen molar-refractivity contribution in [2.75, 3.05) is 12.0 Å². The van der Waals surface area contributed by atoms with Crippen LogP contribution >= 0.6 is 0 Å². The minimum atomic E-state index is -1.18. The second kappa shape index (κ2) is 12.3. The third kappa shape index (κ3) is 5.78. The number of oxazole rings is 1. The molecule has 0 aliphatic rings. The van der Waals surface area contributed by atoms with E-state index in [0.717, 1.165) is 22.6 Å². The topological polar surface area (TPSA) is 97.3 Å². The van der Waals surface area contributed by atoms with E-state index in [2.05, 4.69) is 40.7 Å². The van der Waals surface area contributed by atoms with Crippen molar-refractivity contribution < 1.29 is 23.8 Å². The SMILES string of the molecule is C=c1/c(=C\c2ccc(N(c3ccccc3)c3ccccc3)cc2)o/c(=N/c2cc(C(=O)OC)ccc2C(=O)O)n1CC. The molecule has 1 aromatic heterocycles. The van der Waals surface area contributed by atoms with Crippen molar-refractivity contribution in [1.82, 2.24) is 4.57 Å². The summed E-state index contributed by atoms with van der Waals surface area (Å²) in [6.07, 6.45) is 1.86. The molecule has 5 aromatic rings. The maximum Gasteiger partial charge on any atom is 0.337 e. The molecular formula is C34H29N3O5. The van der Waals surface area contributed by atoms with E-state index in [1.807, 2.05) is 73.7 Å². The van der Waals surface area contributed by atoms with Gasteiger partial charge in [-0.1, -0.05) is 55.1 Å². The van der Waals surface area contributed by atoms with Gasteiger partial charge in [0.1, 0.15) is 0 Å². The van der Waals surface area contributed by atoms with Gasteiger partial charge in [0.25, 0.3) is 0 Å². The Labute approximate surface area is 242 Å². The minimum absolute atomic E-state index is 0.0687. The molecule has 1 heterocycles. The van der Waals surface area contributed by atoms with Crippen LogP contribution in [-0.2, 0) is 11.3 Å². The number of ether oxygens (including phenoxy) is 1. The van der Waals surface area contributed by atoms with Crippen molar-refractivity contribution in [3.63, 3.8) is 0 Å². The van der Waals surface area contributed by atoms with Gasteiger partial charge in [-0.05, 0) is 73.2 Å². The molecule has 0 saturated carbocycles. The molecule has 5 rings (SSSR count). The van der Waals surface area contributed by atoms with Gasteiger partial charge in [0.15, 0.2) is 5.42 Å². The number of carbonyl (C=O) groups excluding carboxylic acids is 1. The predicted octanol–water partition coefficient (Wildman–Crippen LogP) is 5.53. The zero-order valence-corrected chi connectivity index (χ0v) is 23.2. The number of rotatable bonds is 8. The van der Waals surface area contributed by atoms with E-state index in [0.29, 0.717) is 17.3 Å². The van der Waals surface area contributed by atoms with Crippen molar-refractivity contribution in [2.45, 2.75) is 13.5 Å². The Morgan fingerprint density at radius 1 is 0.929 bits per heavy atom. The first-order chi connectivity index (χ1) is 20.4. The summed E-state index contributed by atoms with van der Waals surface area (Å²) in [6, 6.07) is 32.4. The van der Waals surface area contributed by atoms with E-state index in [4.69, 9.17) is 9.15 Å². The van der Waals surface area contributed by atoms with Gasteiger partial charge < -0.3 is 19.2 Å². The standard InChI is InChI=1S/C34H29N3O5/c1-4-36-23(2)31(42-34(36)35-30-22-25(33(40)41-3)17-20-29(30)32(38)39)21-24-15-18-28(19-16-24)37(26-11-7-5-8-12-26)27-13-9-6-10-14-27/h5-22H,2,4H2,1,3H3,(H,38,39)/b31-21+,35-34+. The zero-order valence-electron chi connectivity index (χ0n) is 23.2. The van der Waals surface area contributed by atoms with Gasteiger partial charge in [-0.3, -0.25) is 4.57 Å². The number of esters is 1. The highest BCUT2D eigenvalue weighted by Crippen LogP contribution is 2.34. The molecule has 42 heavy (non-hydrogen) atoms. The summed E-state index contributed by atoms with van der Waals surface area (Å²) in [4.78, 5) is 30.6. The van der Waals surface area contributed by atoms with Crippen molar-refractivity contribution in [1.29, 1.82) is 0 Å². The first-order valence-electron chi connectivity index (χ1n) is 13.3. The Balaban J connectivity index is 1.56. The number of carboxylic acid groups (broad SMARTS) is 1. The highest BCUT2D eigenvalue weighted by Gasteiger charge is 2.15. The highest BCUT2D eigenvalue weighted by molar-refractivity contribution is 5.97. The Morgan fingerprint density at radius 3 is 2.07 bits per heavy atom. The van der Waals surface area contributed by atoms with Gasteiger partial charge in [-0.25, -0.2) is 9.59 Å². The number of anilines is 3. The molecule has 0 bridgehead atoms. The zero-order chi connectivity index (χ0) is 29.6. The number of carbonyl (C=O) groups is 2. The van der Waals surface area contributed by atoms with Gasteiger partial charge in [-0.2, -0.15) is 4.99 Å². The number of hydrogen-bond acceptors (Lipinski definition) is 6. The second-order valence-corrected chi connectivity index (χ2v) is 9.32. The van der Waals surface area contributed by atoms with Crippen molar-refractivity contribution in [2.24, 2.45) is 4.99 Å². The van der Waals surface area contributed by atoms with Crippen LogP contribution in [0.3, 0.4) is 0 Å². The lowest BCUT2D eigenvalue weighted by Crippen LogP contribution is -2.30. The average Bonchev–Trinajstić information content (AvgIpc) is 3.31. The first kappa shape index (κ1) is 27.9. The third-order valence-electron chi connectivity index (χ3n) is 6.70. The van der Waals surface area contributed by atoms with Crippen molar-refractivity contribution >= 4 is 47.3 Å². The van der Waals surface area contributed by atoms with E-state index in [9.17, 15) is 14.7 Å². The summed E-state index contributed by atoms with van der Waals surface area (Å²) >= 11 is 0. The second-order valence-electron chi connectivity index (χ2n) is 9.32. The minimum Gasteiger partial charge on any atom is -0.478 e. The van der Waals surface area contributed by atoms with Gasteiger partial charge in [0, 0.05) is 23.6 Å². The fourth-order valence-electron chi connectivity index (χ4n) is 4.61. The van der Waals surface area contributed by atoms with Gasteiger partial charge >= 0.3 is 17.6 Å². The Kier molecular flexibility index (Phi) is 8.15. The van der Waals surface area contributed by atoms with E-state index < -0.39 is 11.9 Å². The lowest BCUT2D eigenvalue weighted by Gasteiger charge is -2.25. The molecule has 1 N–H and O–H groups in total. The molecule has 210 valence electrons. The number of methoxy groups -OCH3 is 1. The molecule has 0 saturated heterocycles. The molecule has 0 radical (unpaired) electrons. The third-order valence-corrected chi connectivity index (χ3v) is 6.70. The van der Waals surface area contributed by atoms with Crippen LogP contribution in [0.15, 0.2) is 113 Å². The van der Waals surface area contributed by atoms with E-state index in [1.165, 1.54) is 25.3 Å². The molecule has 8 heteroatoms. The monoisotopic (exact) mass is 559 g/mol. The van der Waals surface area contributed by atoms with Crippen LogP contribution in [0.4, 0.5) is 22.7 Å². The number of para-hydroxylation sites is 2. The fraction of sp³-hybridized carbons (Fsp3) is 0.0882. The normalized spacial score (nSPS) is 11.9. The van der Waals surface area contributed by atoms with Crippen LogP contribution in [0, 0.1) is 0 Å². The summed E-state index contributed by atoms with van der Waals surface area (Å²) < 4.78 is 12.6. The average molecular weight is 560 g/mol. The summed E-state index contributed by atoms with van der Waals surface area (Å²) in [5, 5.41) is 10.3. The van der Waals surface area contributed by atoms with Crippen LogP contribution in [0.5, 0.6) is 0 Å². The van der Waals surface area contributed by atoms with Crippen molar-refractivity contribution in [3.8, 4) is 0 Å². The van der Waals surface area contributed by atoms with Gasteiger partial charge in [0.05, 0.1) is 29.3 Å². The number of carboxylic acids is 1. The summed E-state index contributed by atoms with van der Waals surface area (Å²) in [5.74, 6) is -1.78.